The summed E-state index contributed by atoms with van der Waals surface area (Å²) in [5, 5.41) is 1.96. The van der Waals surface area contributed by atoms with E-state index in [2.05, 4.69) is 26.0 Å². The first-order valence-electron chi connectivity index (χ1n) is 11.0. The quantitative estimate of drug-likeness (QED) is 0.278. The third-order valence-electron chi connectivity index (χ3n) is 5.48. The fourth-order valence-electron chi connectivity index (χ4n) is 3.84. The molecule has 29 heavy (non-hydrogen) atoms. The molecule has 0 heterocycles. The number of hydrogen-bond donors (Lipinski definition) is 0. The minimum Gasteiger partial charge on any atom is -0.744 e. The van der Waals surface area contributed by atoms with E-state index in [0.717, 1.165) is 30.0 Å². The Kier molecular flexibility index (Phi) is 12.7. The van der Waals surface area contributed by atoms with Crippen LogP contribution < -0.4 is 29.6 Å². The summed E-state index contributed by atoms with van der Waals surface area (Å²) < 4.78 is 34.4. The van der Waals surface area contributed by atoms with Crippen molar-refractivity contribution >= 4 is 20.9 Å². The van der Waals surface area contributed by atoms with Crippen LogP contribution in [-0.2, 0) is 23.0 Å². The van der Waals surface area contributed by atoms with Crippen molar-refractivity contribution in [2.45, 2.75) is 95.8 Å². The van der Waals surface area contributed by atoms with E-state index >= 15 is 0 Å². The van der Waals surface area contributed by atoms with Crippen molar-refractivity contribution in [3.63, 3.8) is 0 Å². The third-order valence-corrected chi connectivity index (χ3v) is 6.31. The minimum absolute atomic E-state index is 0. The predicted octanol–water partition coefficient (Wildman–Crippen LogP) is 3.77. The number of benzene rings is 2. The second-order valence-electron chi connectivity index (χ2n) is 7.92. The van der Waals surface area contributed by atoms with Gasteiger partial charge in [0, 0.05) is 0 Å². The van der Waals surface area contributed by atoms with E-state index in [4.69, 9.17) is 0 Å². The van der Waals surface area contributed by atoms with Gasteiger partial charge in [-0.05, 0) is 59.7 Å². The van der Waals surface area contributed by atoms with Gasteiger partial charge >= 0.3 is 29.6 Å². The molecule has 0 aliphatic carbocycles. The van der Waals surface area contributed by atoms with Crippen LogP contribution in [0.2, 0.25) is 0 Å². The molecule has 0 N–H and O–H groups in total. The molecule has 0 aliphatic rings. The summed E-state index contributed by atoms with van der Waals surface area (Å²) in [6.45, 7) is 4.44. The van der Waals surface area contributed by atoms with Crippen LogP contribution in [0.3, 0.4) is 0 Å². The van der Waals surface area contributed by atoms with Crippen molar-refractivity contribution < 1.29 is 42.5 Å². The Balaban J connectivity index is 0.00000420. The van der Waals surface area contributed by atoms with Gasteiger partial charge in [0.05, 0.1) is 4.90 Å². The zero-order valence-corrected chi connectivity index (χ0v) is 21.3. The fourth-order valence-corrected chi connectivity index (χ4v) is 4.34. The SMILES string of the molecule is CCCCCCCc1cc(CCCCCCC)c2cc(S(=O)(=O)[O-])ccc2c1.[Na+]. The molecule has 0 amide bonds. The molecule has 2 rings (SSSR count). The van der Waals surface area contributed by atoms with Gasteiger partial charge in [0.1, 0.15) is 10.1 Å². The van der Waals surface area contributed by atoms with Crippen LogP contribution in [0.15, 0.2) is 35.2 Å². The van der Waals surface area contributed by atoms with Crippen LogP contribution >= 0.6 is 0 Å². The first kappa shape index (κ1) is 26.6. The van der Waals surface area contributed by atoms with E-state index in [1.807, 2.05) is 0 Å². The van der Waals surface area contributed by atoms with E-state index in [9.17, 15) is 13.0 Å². The van der Waals surface area contributed by atoms with Gasteiger partial charge in [-0.15, -0.1) is 0 Å². The maximum Gasteiger partial charge on any atom is 1.00 e. The molecular formula is C24H35NaO3S. The van der Waals surface area contributed by atoms with Crippen molar-refractivity contribution in [3.8, 4) is 0 Å². The normalized spacial score (nSPS) is 11.6. The Labute approximate surface area is 199 Å². The molecule has 0 spiro atoms. The van der Waals surface area contributed by atoms with Crippen molar-refractivity contribution in [1.82, 2.24) is 0 Å². The van der Waals surface area contributed by atoms with E-state index in [1.165, 1.54) is 75.0 Å². The van der Waals surface area contributed by atoms with E-state index in [1.54, 1.807) is 12.1 Å². The zero-order valence-electron chi connectivity index (χ0n) is 18.5. The second-order valence-corrected chi connectivity index (χ2v) is 9.30. The zero-order chi connectivity index (χ0) is 20.4. The predicted molar refractivity (Wildman–Crippen MR) is 117 cm³/mol. The van der Waals surface area contributed by atoms with Gasteiger partial charge in [-0.25, -0.2) is 8.42 Å². The summed E-state index contributed by atoms with van der Waals surface area (Å²) in [5.74, 6) is 0. The molecule has 0 radical (unpaired) electrons. The van der Waals surface area contributed by atoms with Crippen LogP contribution in [-0.4, -0.2) is 13.0 Å². The summed E-state index contributed by atoms with van der Waals surface area (Å²) in [6.07, 6.45) is 14.3. The number of unbranched alkanes of at least 4 members (excludes halogenated alkanes) is 8. The van der Waals surface area contributed by atoms with E-state index in [-0.39, 0.29) is 34.5 Å². The average molecular weight is 427 g/mol. The van der Waals surface area contributed by atoms with Crippen LogP contribution in [0.1, 0.15) is 89.2 Å². The van der Waals surface area contributed by atoms with E-state index < -0.39 is 10.1 Å². The molecule has 0 saturated heterocycles. The van der Waals surface area contributed by atoms with Gasteiger partial charge in [-0.1, -0.05) is 83.4 Å². The first-order valence-corrected chi connectivity index (χ1v) is 12.4. The first-order chi connectivity index (χ1) is 13.5. The Morgan fingerprint density at radius 3 is 1.93 bits per heavy atom. The van der Waals surface area contributed by atoms with Crippen LogP contribution in [0.25, 0.3) is 10.8 Å². The maximum absolute atomic E-state index is 11.5. The molecule has 0 saturated carbocycles. The van der Waals surface area contributed by atoms with Crippen molar-refractivity contribution in [1.29, 1.82) is 0 Å². The fraction of sp³-hybridized carbons (Fsp3) is 0.583. The van der Waals surface area contributed by atoms with Gasteiger partial charge in [-0.3, -0.25) is 0 Å². The summed E-state index contributed by atoms with van der Waals surface area (Å²) in [4.78, 5) is -0.125. The number of rotatable bonds is 13. The largest absolute Gasteiger partial charge is 1.00 e. The third kappa shape index (κ3) is 9.10. The summed E-state index contributed by atoms with van der Waals surface area (Å²) in [7, 11) is -4.43. The van der Waals surface area contributed by atoms with Gasteiger partial charge in [0.2, 0.25) is 0 Å². The molecule has 0 atom stereocenters. The number of hydrogen-bond acceptors (Lipinski definition) is 3. The smallest absolute Gasteiger partial charge is 0.744 e. The molecule has 0 aromatic heterocycles. The van der Waals surface area contributed by atoms with Crippen LogP contribution in [0.4, 0.5) is 0 Å². The maximum atomic E-state index is 11.5. The molecule has 0 bridgehead atoms. The van der Waals surface area contributed by atoms with Gasteiger partial charge in [-0.2, -0.15) is 0 Å². The van der Waals surface area contributed by atoms with Crippen LogP contribution in [0.5, 0.6) is 0 Å². The average Bonchev–Trinajstić information content (AvgIpc) is 2.66. The Hall–Kier alpha value is -0.390. The molecule has 156 valence electrons. The molecule has 5 heteroatoms. The second kappa shape index (κ2) is 13.8. The number of fused-ring (bicyclic) bond motifs is 1. The van der Waals surface area contributed by atoms with Gasteiger partial charge in [0.25, 0.3) is 0 Å². The van der Waals surface area contributed by atoms with Gasteiger partial charge < -0.3 is 4.55 Å². The molecule has 0 fully saturated rings. The monoisotopic (exact) mass is 426 g/mol. The molecule has 0 unspecified atom stereocenters. The summed E-state index contributed by atoms with van der Waals surface area (Å²) in [5.41, 5.74) is 2.51. The summed E-state index contributed by atoms with van der Waals surface area (Å²) in [6, 6.07) is 9.21. The van der Waals surface area contributed by atoms with Crippen LogP contribution in [0, 0.1) is 0 Å². The molecule has 2 aromatic rings. The molecule has 3 nitrogen and oxygen atoms in total. The van der Waals surface area contributed by atoms with Crippen molar-refractivity contribution in [3.05, 3.63) is 41.5 Å². The molecule has 0 aliphatic heterocycles. The molecule has 2 aromatic carbocycles. The number of aryl methyl sites for hydroxylation is 2. The Morgan fingerprint density at radius 2 is 1.34 bits per heavy atom. The standard InChI is InChI=1S/C24H36O3S.Na/c1-3-5-7-9-11-13-20-17-21(14-12-10-8-6-4-2)24-19-23(28(25,26)27)16-15-22(24)18-20;/h15-19H,3-14H2,1-2H3,(H,25,26,27);/q;+1/p-1. The van der Waals surface area contributed by atoms with Crippen molar-refractivity contribution in [2.75, 3.05) is 0 Å². The minimum atomic E-state index is -4.43. The van der Waals surface area contributed by atoms with E-state index in [0.29, 0.717) is 0 Å². The topological polar surface area (TPSA) is 57.2 Å². The van der Waals surface area contributed by atoms with Gasteiger partial charge in [0.15, 0.2) is 0 Å². The molecular weight excluding hydrogens is 391 g/mol. The summed E-state index contributed by atoms with van der Waals surface area (Å²) >= 11 is 0. The Bertz CT molecular complexity index is 847. The Morgan fingerprint density at radius 1 is 0.759 bits per heavy atom. The van der Waals surface area contributed by atoms with Crippen molar-refractivity contribution in [2.24, 2.45) is 0 Å².